The van der Waals surface area contributed by atoms with E-state index in [1.807, 2.05) is 18.0 Å². The monoisotopic (exact) mass is 364 g/mol. The van der Waals surface area contributed by atoms with E-state index in [-0.39, 0.29) is 11.8 Å². The molecule has 2 aromatic rings. The minimum Gasteiger partial charge on any atom is -0.337 e. The molecule has 0 spiro atoms. The molecule has 1 saturated heterocycles. The zero-order chi connectivity index (χ0) is 19.0. The topological polar surface area (TPSA) is 49.3 Å². The van der Waals surface area contributed by atoms with Gasteiger partial charge in [-0.25, -0.2) is 9.97 Å². The standard InChI is InChI=1S/C22H28N4O/c1-15-6-8-17(9-7-15)16(2)22(27)26-12-10-19-18(14-26)13-23-21(24-19)20-5-4-11-25(20)3/h6-9,13,16,20H,4-5,10-12,14H2,1-3H3/t16-,20+/m0/s1. The fourth-order valence-electron chi connectivity index (χ4n) is 4.19. The Hall–Kier alpha value is -2.27. The summed E-state index contributed by atoms with van der Waals surface area (Å²) in [6.45, 7) is 6.53. The lowest BCUT2D eigenvalue weighted by molar-refractivity contribution is -0.133. The molecule has 0 aliphatic carbocycles. The number of hydrogen-bond acceptors (Lipinski definition) is 4. The first-order valence-electron chi connectivity index (χ1n) is 9.93. The van der Waals surface area contributed by atoms with Gasteiger partial charge in [-0.15, -0.1) is 0 Å². The van der Waals surface area contributed by atoms with Crippen molar-refractivity contribution in [1.29, 1.82) is 0 Å². The van der Waals surface area contributed by atoms with Crippen LogP contribution in [0.2, 0.25) is 0 Å². The summed E-state index contributed by atoms with van der Waals surface area (Å²) in [5.74, 6) is 1.00. The average Bonchev–Trinajstić information content (AvgIpc) is 3.12. The molecule has 1 fully saturated rings. The van der Waals surface area contributed by atoms with Crippen molar-refractivity contribution in [2.24, 2.45) is 0 Å². The second-order valence-electron chi connectivity index (χ2n) is 7.98. The van der Waals surface area contributed by atoms with Crippen molar-refractivity contribution in [3.8, 4) is 0 Å². The van der Waals surface area contributed by atoms with Gasteiger partial charge in [0.15, 0.2) is 0 Å². The smallest absolute Gasteiger partial charge is 0.230 e. The third-order valence-corrected chi connectivity index (χ3v) is 6.03. The first-order chi connectivity index (χ1) is 13.0. The van der Waals surface area contributed by atoms with E-state index >= 15 is 0 Å². The van der Waals surface area contributed by atoms with E-state index < -0.39 is 0 Å². The van der Waals surface area contributed by atoms with Crippen LogP contribution in [0.25, 0.3) is 0 Å². The number of hydrogen-bond donors (Lipinski definition) is 0. The van der Waals surface area contributed by atoms with Gasteiger partial charge in [-0.3, -0.25) is 9.69 Å². The van der Waals surface area contributed by atoms with Crippen molar-refractivity contribution in [3.63, 3.8) is 0 Å². The van der Waals surface area contributed by atoms with Gasteiger partial charge < -0.3 is 4.90 Å². The molecule has 0 N–H and O–H groups in total. The summed E-state index contributed by atoms with van der Waals surface area (Å²) in [6, 6.07) is 8.60. The second kappa shape index (κ2) is 7.39. The van der Waals surface area contributed by atoms with E-state index in [1.54, 1.807) is 0 Å². The first kappa shape index (κ1) is 18.1. The van der Waals surface area contributed by atoms with Crippen molar-refractivity contribution in [2.75, 3.05) is 20.1 Å². The number of aromatic nitrogens is 2. The van der Waals surface area contributed by atoms with Gasteiger partial charge in [0, 0.05) is 31.3 Å². The minimum atomic E-state index is -0.125. The summed E-state index contributed by atoms with van der Waals surface area (Å²) in [5.41, 5.74) is 4.50. The number of amides is 1. The summed E-state index contributed by atoms with van der Waals surface area (Å²) in [4.78, 5) is 26.8. The number of rotatable bonds is 3. The van der Waals surface area contributed by atoms with Gasteiger partial charge in [-0.1, -0.05) is 29.8 Å². The zero-order valence-electron chi connectivity index (χ0n) is 16.5. The highest BCUT2D eigenvalue weighted by Gasteiger charge is 2.29. The lowest BCUT2D eigenvalue weighted by Crippen LogP contribution is -2.39. The Labute approximate surface area is 161 Å². The maximum absolute atomic E-state index is 13.0. The summed E-state index contributed by atoms with van der Waals surface area (Å²) in [7, 11) is 2.15. The Bertz CT molecular complexity index is 833. The van der Waals surface area contributed by atoms with Crippen LogP contribution in [0.1, 0.15) is 59.9 Å². The van der Waals surface area contributed by atoms with E-state index in [1.165, 1.54) is 12.0 Å². The predicted octanol–water partition coefficient (Wildman–Crippen LogP) is 3.24. The molecule has 3 heterocycles. The molecule has 4 rings (SSSR count). The van der Waals surface area contributed by atoms with Crippen LogP contribution in [0.4, 0.5) is 0 Å². The molecular weight excluding hydrogens is 336 g/mol. The molecule has 1 amide bonds. The molecule has 1 aromatic carbocycles. The van der Waals surface area contributed by atoms with Gasteiger partial charge in [0.25, 0.3) is 0 Å². The Balaban J connectivity index is 1.48. The molecule has 2 aliphatic rings. The fourth-order valence-corrected chi connectivity index (χ4v) is 4.19. The highest BCUT2D eigenvalue weighted by molar-refractivity contribution is 5.83. The molecule has 27 heavy (non-hydrogen) atoms. The number of likely N-dealkylation sites (tertiary alicyclic amines) is 1. The van der Waals surface area contributed by atoms with E-state index in [0.717, 1.165) is 48.6 Å². The van der Waals surface area contributed by atoms with Crippen molar-refractivity contribution >= 4 is 5.91 Å². The van der Waals surface area contributed by atoms with E-state index in [4.69, 9.17) is 4.98 Å². The van der Waals surface area contributed by atoms with Crippen molar-refractivity contribution in [2.45, 2.75) is 51.6 Å². The molecule has 2 atom stereocenters. The SMILES string of the molecule is Cc1ccc([C@H](C)C(=O)N2CCc3nc([C@H]4CCCN4C)ncc3C2)cc1. The Morgan fingerprint density at radius 3 is 2.70 bits per heavy atom. The van der Waals surface area contributed by atoms with Crippen LogP contribution in [0.5, 0.6) is 0 Å². The molecule has 142 valence electrons. The number of fused-ring (bicyclic) bond motifs is 1. The largest absolute Gasteiger partial charge is 0.337 e. The van der Waals surface area contributed by atoms with Gasteiger partial charge in [-0.2, -0.15) is 0 Å². The number of aryl methyl sites for hydroxylation is 1. The molecule has 0 radical (unpaired) electrons. The molecule has 0 bridgehead atoms. The maximum atomic E-state index is 13.0. The molecule has 5 heteroatoms. The highest BCUT2D eigenvalue weighted by Crippen LogP contribution is 2.29. The van der Waals surface area contributed by atoms with Crippen LogP contribution >= 0.6 is 0 Å². The van der Waals surface area contributed by atoms with Crippen LogP contribution in [0, 0.1) is 6.92 Å². The Morgan fingerprint density at radius 2 is 2.00 bits per heavy atom. The van der Waals surface area contributed by atoms with Gasteiger partial charge in [0.2, 0.25) is 5.91 Å². The fraction of sp³-hybridized carbons (Fsp3) is 0.500. The molecule has 5 nitrogen and oxygen atoms in total. The zero-order valence-corrected chi connectivity index (χ0v) is 16.5. The predicted molar refractivity (Wildman–Crippen MR) is 105 cm³/mol. The van der Waals surface area contributed by atoms with Gasteiger partial charge >= 0.3 is 0 Å². The summed E-state index contributed by atoms with van der Waals surface area (Å²) >= 11 is 0. The van der Waals surface area contributed by atoms with Crippen LogP contribution < -0.4 is 0 Å². The van der Waals surface area contributed by atoms with E-state index in [9.17, 15) is 4.79 Å². The Kier molecular flexibility index (Phi) is 4.96. The van der Waals surface area contributed by atoms with E-state index in [2.05, 4.69) is 48.1 Å². The summed E-state index contributed by atoms with van der Waals surface area (Å²) in [5, 5.41) is 0. The van der Waals surface area contributed by atoms with E-state index in [0.29, 0.717) is 12.6 Å². The van der Waals surface area contributed by atoms with Crippen molar-refractivity contribution in [1.82, 2.24) is 19.8 Å². The number of benzene rings is 1. The van der Waals surface area contributed by atoms with Crippen LogP contribution in [0.3, 0.4) is 0 Å². The number of carbonyl (C=O) groups is 1. The number of carbonyl (C=O) groups excluding carboxylic acids is 1. The molecular formula is C22H28N4O. The average molecular weight is 364 g/mol. The maximum Gasteiger partial charge on any atom is 0.230 e. The summed E-state index contributed by atoms with van der Waals surface area (Å²) < 4.78 is 0. The van der Waals surface area contributed by atoms with Gasteiger partial charge in [0.05, 0.1) is 17.7 Å². The van der Waals surface area contributed by atoms with Crippen LogP contribution in [0.15, 0.2) is 30.5 Å². The molecule has 0 unspecified atom stereocenters. The molecule has 1 aromatic heterocycles. The van der Waals surface area contributed by atoms with Crippen molar-refractivity contribution < 1.29 is 4.79 Å². The minimum absolute atomic E-state index is 0.125. The summed E-state index contributed by atoms with van der Waals surface area (Å²) in [6.07, 6.45) is 5.10. The second-order valence-corrected chi connectivity index (χ2v) is 7.98. The first-order valence-corrected chi connectivity index (χ1v) is 9.93. The third-order valence-electron chi connectivity index (χ3n) is 6.03. The molecule has 2 aliphatic heterocycles. The third kappa shape index (κ3) is 3.61. The number of nitrogens with zero attached hydrogens (tertiary/aromatic N) is 4. The quantitative estimate of drug-likeness (QED) is 0.839. The van der Waals surface area contributed by atoms with Gasteiger partial charge in [-0.05, 0) is 45.8 Å². The van der Waals surface area contributed by atoms with Crippen LogP contribution in [-0.2, 0) is 17.8 Å². The lowest BCUT2D eigenvalue weighted by atomic mass is 9.97. The lowest BCUT2D eigenvalue weighted by Gasteiger charge is -2.31. The highest BCUT2D eigenvalue weighted by atomic mass is 16.2. The molecule has 0 saturated carbocycles. The van der Waals surface area contributed by atoms with Crippen LogP contribution in [-0.4, -0.2) is 45.8 Å². The van der Waals surface area contributed by atoms with Crippen molar-refractivity contribution in [3.05, 3.63) is 58.7 Å². The van der Waals surface area contributed by atoms with Gasteiger partial charge in [0.1, 0.15) is 5.82 Å². The normalized spacial score (nSPS) is 21.1. The Morgan fingerprint density at radius 1 is 1.22 bits per heavy atom.